The normalized spacial score (nSPS) is 18.1. The highest BCUT2D eigenvalue weighted by atomic mass is 16.3. The molecule has 2 atom stereocenters. The molecule has 4 heterocycles. The molecule has 0 saturated carbocycles. The lowest BCUT2D eigenvalue weighted by atomic mass is 9.91. The Morgan fingerprint density at radius 1 is 1.28 bits per heavy atom. The predicted octanol–water partition coefficient (Wildman–Crippen LogP) is 3.11. The second-order valence-corrected chi connectivity index (χ2v) is 7.68. The third-order valence-corrected chi connectivity index (χ3v) is 5.41. The molecule has 2 unspecified atom stereocenters. The monoisotopic (exact) mass is 389 g/mol. The van der Waals surface area contributed by atoms with Gasteiger partial charge in [0.05, 0.1) is 18.1 Å². The van der Waals surface area contributed by atoms with E-state index < -0.39 is 6.23 Å². The topological polar surface area (TPSA) is 93.2 Å². The van der Waals surface area contributed by atoms with Gasteiger partial charge in [-0.05, 0) is 36.8 Å². The number of imidazole rings is 1. The fourth-order valence-corrected chi connectivity index (χ4v) is 3.73. The average molecular weight is 389 g/mol. The van der Waals surface area contributed by atoms with Crippen LogP contribution in [0, 0.1) is 5.92 Å². The van der Waals surface area contributed by atoms with E-state index in [0.29, 0.717) is 0 Å². The van der Waals surface area contributed by atoms with Crippen LogP contribution >= 0.6 is 0 Å². The van der Waals surface area contributed by atoms with E-state index in [-0.39, 0.29) is 6.54 Å². The number of aliphatic hydroxyl groups excluding tert-OH is 1. The first kappa shape index (κ1) is 17.8. The Morgan fingerprint density at radius 3 is 3.07 bits per heavy atom. The highest BCUT2D eigenvalue weighted by Gasteiger charge is 2.16. The van der Waals surface area contributed by atoms with Gasteiger partial charge in [-0.15, -0.1) is 0 Å². The molecule has 0 radical (unpaired) electrons. The number of aliphatic hydroxyl groups is 1. The number of aromatic nitrogens is 6. The minimum Gasteiger partial charge on any atom is -0.372 e. The highest BCUT2D eigenvalue weighted by Crippen LogP contribution is 2.28. The van der Waals surface area contributed by atoms with Crippen LogP contribution in [0.1, 0.15) is 32.0 Å². The number of allylic oxidation sites excluding steroid dienone is 2. The van der Waals surface area contributed by atoms with E-state index in [1.165, 1.54) is 5.57 Å². The molecule has 1 aliphatic rings. The lowest BCUT2D eigenvalue weighted by Crippen LogP contribution is -2.25. The van der Waals surface area contributed by atoms with Crippen LogP contribution in [0.5, 0.6) is 0 Å². The maximum atomic E-state index is 10.5. The molecule has 0 spiro atoms. The smallest absolute Gasteiger partial charge is 0.161 e. The van der Waals surface area contributed by atoms with Crippen molar-refractivity contribution in [1.29, 1.82) is 0 Å². The Balaban J connectivity index is 1.36. The van der Waals surface area contributed by atoms with Gasteiger partial charge in [0.2, 0.25) is 0 Å². The summed E-state index contributed by atoms with van der Waals surface area (Å²) in [4.78, 5) is 13.5. The molecule has 5 rings (SSSR count). The van der Waals surface area contributed by atoms with Crippen LogP contribution in [0.2, 0.25) is 0 Å². The quantitative estimate of drug-likeness (QED) is 0.510. The summed E-state index contributed by atoms with van der Waals surface area (Å²) in [5.74, 6) is 1.48. The van der Waals surface area contributed by atoms with Crippen molar-refractivity contribution in [3.63, 3.8) is 0 Å². The van der Waals surface area contributed by atoms with Gasteiger partial charge >= 0.3 is 0 Å². The molecule has 0 fully saturated rings. The van der Waals surface area contributed by atoms with E-state index in [1.807, 2.05) is 35.1 Å². The number of nitrogens with zero attached hydrogens (tertiary/aromatic N) is 6. The third-order valence-electron chi connectivity index (χ3n) is 5.41. The van der Waals surface area contributed by atoms with Crippen LogP contribution in [-0.4, -0.2) is 40.5 Å². The molecule has 0 aromatic carbocycles. The first-order chi connectivity index (χ1) is 14.2. The summed E-state index contributed by atoms with van der Waals surface area (Å²) in [7, 11) is 0. The minimum absolute atomic E-state index is 0.273. The molecule has 1 aliphatic carbocycles. The molecule has 0 aliphatic heterocycles. The number of nitrogens with one attached hydrogen (secondary N) is 1. The fraction of sp³-hybridized carbons (Fsp3) is 0.333. The van der Waals surface area contributed by atoms with Crippen molar-refractivity contribution in [3.05, 3.63) is 55.0 Å². The summed E-state index contributed by atoms with van der Waals surface area (Å²) in [6.45, 7) is 2.54. The minimum atomic E-state index is -0.816. The Bertz CT molecular complexity index is 1190. The van der Waals surface area contributed by atoms with E-state index in [0.717, 1.165) is 53.4 Å². The number of pyridine rings is 1. The van der Waals surface area contributed by atoms with Crippen molar-refractivity contribution < 1.29 is 5.11 Å². The summed E-state index contributed by atoms with van der Waals surface area (Å²) < 4.78 is 3.63. The number of hydrogen-bond donors (Lipinski definition) is 2. The van der Waals surface area contributed by atoms with Crippen LogP contribution in [-0.2, 0) is 6.54 Å². The van der Waals surface area contributed by atoms with E-state index in [2.05, 4.69) is 33.4 Å². The largest absolute Gasteiger partial charge is 0.372 e. The highest BCUT2D eigenvalue weighted by molar-refractivity contribution is 5.75. The Morgan fingerprint density at radius 2 is 2.21 bits per heavy atom. The lowest BCUT2D eigenvalue weighted by Gasteiger charge is -2.17. The third kappa shape index (κ3) is 3.58. The van der Waals surface area contributed by atoms with Crippen molar-refractivity contribution in [2.75, 3.05) is 5.32 Å². The van der Waals surface area contributed by atoms with Crippen molar-refractivity contribution in [2.45, 2.75) is 39.0 Å². The van der Waals surface area contributed by atoms with Crippen molar-refractivity contribution in [1.82, 2.24) is 29.1 Å². The van der Waals surface area contributed by atoms with Gasteiger partial charge in [0.15, 0.2) is 11.5 Å². The zero-order valence-corrected chi connectivity index (χ0v) is 16.2. The summed E-state index contributed by atoms with van der Waals surface area (Å²) in [5.41, 5.74) is 3.55. The molecular formula is C21H23N7O. The lowest BCUT2D eigenvalue weighted by molar-refractivity contribution is 0.178. The molecule has 8 heteroatoms. The van der Waals surface area contributed by atoms with Gasteiger partial charge in [0, 0.05) is 36.5 Å². The second-order valence-electron chi connectivity index (χ2n) is 7.68. The molecule has 0 bridgehead atoms. The molecule has 8 nitrogen and oxygen atoms in total. The summed E-state index contributed by atoms with van der Waals surface area (Å²) >= 11 is 0. The van der Waals surface area contributed by atoms with Crippen LogP contribution in [0.3, 0.4) is 0 Å². The predicted molar refractivity (Wildman–Crippen MR) is 111 cm³/mol. The Hall–Kier alpha value is -3.26. The standard InChI is InChI=1S/C21H23N7O/c1-14-2-4-15(5-3-14)20-23-11-16-12-24-28(21(16)26-20)13-19(29)25-17-6-8-27-9-7-22-18(27)10-17/h4,6-12,14,19,25,29H,2-3,5,13H2,1H3. The second kappa shape index (κ2) is 7.29. The van der Waals surface area contributed by atoms with E-state index in [9.17, 15) is 5.11 Å². The van der Waals surface area contributed by atoms with Crippen molar-refractivity contribution in [2.24, 2.45) is 5.92 Å². The maximum absolute atomic E-state index is 10.5. The molecule has 2 N–H and O–H groups in total. The Kier molecular flexibility index (Phi) is 4.48. The van der Waals surface area contributed by atoms with Crippen LogP contribution < -0.4 is 5.32 Å². The maximum Gasteiger partial charge on any atom is 0.161 e. The van der Waals surface area contributed by atoms with Gasteiger partial charge in [0.25, 0.3) is 0 Å². The SMILES string of the molecule is CC1CC=C(c2ncc3cnn(CC(O)Nc4ccn5ccnc5c4)c3n2)CC1. The van der Waals surface area contributed by atoms with E-state index >= 15 is 0 Å². The summed E-state index contributed by atoms with van der Waals surface area (Å²) in [5, 5.41) is 18.9. The van der Waals surface area contributed by atoms with Gasteiger partial charge in [-0.2, -0.15) is 5.10 Å². The van der Waals surface area contributed by atoms with E-state index in [1.54, 1.807) is 17.1 Å². The van der Waals surface area contributed by atoms with Gasteiger partial charge in [-0.1, -0.05) is 13.0 Å². The molecule has 148 valence electrons. The summed E-state index contributed by atoms with van der Waals surface area (Å²) in [6.07, 6.45) is 13.7. The van der Waals surface area contributed by atoms with E-state index in [4.69, 9.17) is 4.98 Å². The zero-order valence-electron chi connectivity index (χ0n) is 16.2. The first-order valence-corrected chi connectivity index (χ1v) is 9.91. The first-order valence-electron chi connectivity index (χ1n) is 9.91. The molecule has 4 aromatic rings. The van der Waals surface area contributed by atoms with Crippen LogP contribution in [0.4, 0.5) is 5.69 Å². The molecule has 0 amide bonds. The number of hydrogen-bond acceptors (Lipinski definition) is 6. The fourth-order valence-electron chi connectivity index (χ4n) is 3.73. The molecule has 4 aromatic heterocycles. The van der Waals surface area contributed by atoms with Gasteiger partial charge in [-0.3, -0.25) is 0 Å². The Labute approximate surface area is 167 Å². The van der Waals surface area contributed by atoms with Crippen LogP contribution in [0.15, 0.2) is 49.2 Å². The molecule has 29 heavy (non-hydrogen) atoms. The van der Waals surface area contributed by atoms with Gasteiger partial charge in [-0.25, -0.2) is 19.6 Å². The number of fused-ring (bicyclic) bond motifs is 2. The van der Waals surface area contributed by atoms with Crippen LogP contribution in [0.25, 0.3) is 22.3 Å². The van der Waals surface area contributed by atoms with Crippen molar-refractivity contribution >= 4 is 27.9 Å². The van der Waals surface area contributed by atoms with Gasteiger partial charge < -0.3 is 14.8 Å². The number of rotatable bonds is 5. The molecular weight excluding hydrogens is 366 g/mol. The number of anilines is 1. The van der Waals surface area contributed by atoms with Crippen molar-refractivity contribution in [3.8, 4) is 0 Å². The summed E-state index contributed by atoms with van der Waals surface area (Å²) in [6, 6.07) is 3.79. The van der Waals surface area contributed by atoms with Gasteiger partial charge in [0.1, 0.15) is 11.9 Å². The zero-order chi connectivity index (χ0) is 19.8. The molecule has 0 saturated heterocycles. The average Bonchev–Trinajstić information content (AvgIpc) is 3.35.